The topological polar surface area (TPSA) is 76.4 Å². The lowest BCUT2D eigenvalue weighted by Gasteiger charge is -2.36. The maximum atomic E-state index is 12.0. The average molecular weight is 308 g/mol. The van der Waals surface area contributed by atoms with Gasteiger partial charge in [0.15, 0.2) is 0 Å². The van der Waals surface area contributed by atoms with Crippen molar-refractivity contribution >= 4 is 23.2 Å². The van der Waals surface area contributed by atoms with Crippen molar-refractivity contribution < 1.29 is 9.90 Å². The molecule has 2 N–H and O–H groups in total. The minimum Gasteiger partial charge on any atom is -0.389 e. The van der Waals surface area contributed by atoms with Gasteiger partial charge in [0.1, 0.15) is 6.07 Å². The van der Waals surface area contributed by atoms with Gasteiger partial charge in [0.2, 0.25) is 5.91 Å². The van der Waals surface area contributed by atoms with Crippen LogP contribution in [0.2, 0.25) is 5.02 Å². The number of amides is 1. The second-order valence-corrected chi connectivity index (χ2v) is 6.07. The van der Waals surface area contributed by atoms with Crippen molar-refractivity contribution in [1.29, 1.82) is 5.26 Å². The third kappa shape index (κ3) is 4.43. The molecular weight excluding hydrogens is 290 g/mol. The van der Waals surface area contributed by atoms with Gasteiger partial charge in [-0.1, -0.05) is 11.6 Å². The molecule has 1 aromatic rings. The summed E-state index contributed by atoms with van der Waals surface area (Å²) in [6, 6.07) is 6.75. The molecule has 5 nitrogen and oxygen atoms in total. The van der Waals surface area contributed by atoms with E-state index >= 15 is 0 Å². The van der Waals surface area contributed by atoms with Crippen LogP contribution in [0.3, 0.4) is 0 Å². The number of hydrogen-bond donors (Lipinski definition) is 2. The molecular formula is C15H18ClN3O2. The molecule has 1 unspecified atom stereocenters. The molecule has 1 saturated heterocycles. The van der Waals surface area contributed by atoms with Gasteiger partial charge in [-0.25, -0.2) is 0 Å². The van der Waals surface area contributed by atoms with Crippen molar-refractivity contribution in [3.63, 3.8) is 0 Å². The molecule has 112 valence electrons. The Kier molecular flexibility index (Phi) is 4.84. The first-order valence-electron chi connectivity index (χ1n) is 6.84. The minimum absolute atomic E-state index is 0.159. The highest BCUT2D eigenvalue weighted by Crippen LogP contribution is 2.21. The lowest BCUT2D eigenvalue weighted by atomic mass is 9.95. The highest BCUT2D eigenvalue weighted by Gasteiger charge is 2.29. The molecule has 0 aliphatic carbocycles. The fourth-order valence-electron chi connectivity index (χ4n) is 2.55. The van der Waals surface area contributed by atoms with E-state index in [1.54, 1.807) is 25.1 Å². The lowest BCUT2D eigenvalue weighted by molar-refractivity contribution is -0.118. The summed E-state index contributed by atoms with van der Waals surface area (Å²) in [6.45, 7) is 3.32. The molecule has 0 radical (unpaired) electrons. The first kappa shape index (κ1) is 15.8. The monoisotopic (exact) mass is 307 g/mol. The number of benzene rings is 1. The molecule has 1 fully saturated rings. The zero-order chi connectivity index (χ0) is 15.5. The average Bonchev–Trinajstić information content (AvgIpc) is 2.37. The van der Waals surface area contributed by atoms with Gasteiger partial charge in [0, 0.05) is 12.2 Å². The largest absolute Gasteiger partial charge is 0.389 e. The van der Waals surface area contributed by atoms with Crippen LogP contribution in [0, 0.1) is 11.3 Å². The Morgan fingerprint density at radius 2 is 2.38 bits per heavy atom. The molecule has 1 atom stereocenters. The Labute approximate surface area is 129 Å². The molecule has 1 amide bonds. The van der Waals surface area contributed by atoms with Crippen LogP contribution in [-0.2, 0) is 4.79 Å². The summed E-state index contributed by atoms with van der Waals surface area (Å²) in [7, 11) is 0. The van der Waals surface area contributed by atoms with Gasteiger partial charge < -0.3 is 10.4 Å². The van der Waals surface area contributed by atoms with Crippen LogP contribution < -0.4 is 5.32 Å². The van der Waals surface area contributed by atoms with Crippen LogP contribution in [0.4, 0.5) is 5.69 Å². The second kappa shape index (κ2) is 6.44. The number of anilines is 1. The lowest BCUT2D eigenvalue weighted by Crippen LogP contribution is -2.48. The van der Waals surface area contributed by atoms with Crippen molar-refractivity contribution in [2.75, 3.05) is 25.0 Å². The molecule has 1 aliphatic rings. The number of β-amino-alcohol motifs (C(OH)–C–C–N with tert-alkyl or cyclic N) is 1. The third-order valence-corrected chi connectivity index (χ3v) is 3.81. The Morgan fingerprint density at radius 3 is 3.00 bits per heavy atom. The van der Waals surface area contributed by atoms with Crippen molar-refractivity contribution in [3.8, 4) is 6.07 Å². The normalized spacial score (nSPS) is 22.6. The van der Waals surface area contributed by atoms with E-state index in [1.165, 1.54) is 0 Å². The van der Waals surface area contributed by atoms with E-state index in [0.29, 0.717) is 22.8 Å². The van der Waals surface area contributed by atoms with Crippen LogP contribution in [0.25, 0.3) is 0 Å². The van der Waals surface area contributed by atoms with Crippen molar-refractivity contribution in [2.45, 2.75) is 25.4 Å². The van der Waals surface area contributed by atoms with Gasteiger partial charge in [0.25, 0.3) is 0 Å². The Balaban J connectivity index is 1.93. The number of aliphatic hydroxyl groups is 1. The van der Waals surface area contributed by atoms with E-state index in [1.807, 2.05) is 11.0 Å². The maximum Gasteiger partial charge on any atom is 0.238 e. The van der Waals surface area contributed by atoms with Crippen molar-refractivity contribution in [2.24, 2.45) is 0 Å². The molecule has 2 rings (SSSR count). The predicted octanol–water partition coefficient (Wildman–Crippen LogP) is 2.00. The number of likely N-dealkylation sites (tertiary alicyclic amines) is 1. The van der Waals surface area contributed by atoms with E-state index < -0.39 is 5.60 Å². The van der Waals surface area contributed by atoms with E-state index in [9.17, 15) is 9.90 Å². The molecule has 0 saturated carbocycles. The van der Waals surface area contributed by atoms with Gasteiger partial charge in [-0.15, -0.1) is 0 Å². The van der Waals surface area contributed by atoms with Gasteiger partial charge in [-0.3, -0.25) is 9.69 Å². The third-order valence-electron chi connectivity index (χ3n) is 3.49. The predicted molar refractivity (Wildman–Crippen MR) is 81.1 cm³/mol. The molecule has 6 heteroatoms. The number of rotatable bonds is 3. The van der Waals surface area contributed by atoms with E-state index in [4.69, 9.17) is 16.9 Å². The summed E-state index contributed by atoms with van der Waals surface area (Å²) < 4.78 is 0. The maximum absolute atomic E-state index is 12.0. The number of piperidine rings is 1. The van der Waals surface area contributed by atoms with Crippen LogP contribution in [0.1, 0.15) is 25.3 Å². The minimum atomic E-state index is -0.726. The highest BCUT2D eigenvalue weighted by molar-refractivity contribution is 6.32. The smallest absolute Gasteiger partial charge is 0.238 e. The summed E-state index contributed by atoms with van der Waals surface area (Å²) in [5.74, 6) is -0.159. The summed E-state index contributed by atoms with van der Waals surface area (Å²) >= 11 is 5.92. The Hall–Kier alpha value is -1.61. The zero-order valence-corrected chi connectivity index (χ0v) is 12.7. The van der Waals surface area contributed by atoms with E-state index in [2.05, 4.69) is 5.32 Å². The van der Waals surface area contributed by atoms with Crippen LogP contribution in [-0.4, -0.2) is 41.1 Å². The first-order valence-corrected chi connectivity index (χ1v) is 7.22. The standard InChI is InChI=1S/C15H18ClN3O2/c1-15(21)5-2-6-19(10-15)9-14(20)18-12-4-3-11(8-17)13(16)7-12/h3-4,7,21H,2,5-6,9-10H2,1H3,(H,18,20). The summed E-state index contributed by atoms with van der Waals surface area (Å²) in [4.78, 5) is 13.9. The fourth-order valence-corrected chi connectivity index (χ4v) is 2.77. The van der Waals surface area contributed by atoms with Gasteiger partial charge in [-0.05, 0) is 44.5 Å². The highest BCUT2D eigenvalue weighted by atomic mass is 35.5. The number of carbonyl (C=O) groups excluding carboxylic acids is 1. The number of hydrogen-bond acceptors (Lipinski definition) is 4. The number of nitrogens with zero attached hydrogens (tertiary/aromatic N) is 2. The molecule has 1 aliphatic heterocycles. The quantitative estimate of drug-likeness (QED) is 0.895. The Bertz CT molecular complexity index is 581. The summed E-state index contributed by atoms with van der Waals surface area (Å²) in [6.07, 6.45) is 1.64. The summed E-state index contributed by atoms with van der Waals surface area (Å²) in [5.41, 5.74) is 0.213. The molecule has 1 aromatic carbocycles. The number of halogens is 1. The molecule has 0 bridgehead atoms. The fraction of sp³-hybridized carbons (Fsp3) is 0.467. The molecule has 1 heterocycles. The number of nitriles is 1. The molecule has 0 spiro atoms. The van der Waals surface area contributed by atoms with Gasteiger partial charge >= 0.3 is 0 Å². The van der Waals surface area contributed by atoms with Crippen molar-refractivity contribution in [3.05, 3.63) is 28.8 Å². The van der Waals surface area contributed by atoms with Crippen LogP contribution >= 0.6 is 11.6 Å². The zero-order valence-electron chi connectivity index (χ0n) is 11.9. The van der Waals surface area contributed by atoms with E-state index in [-0.39, 0.29) is 12.5 Å². The van der Waals surface area contributed by atoms with Gasteiger partial charge in [0.05, 0.1) is 22.7 Å². The van der Waals surface area contributed by atoms with Crippen molar-refractivity contribution in [1.82, 2.24) is 4.90 Å². The Morgan fingerprint density at radius 1 is 1.62 bits per heavy atom. The second-order valence-electron chi connectivity index (χ2n) is 5.67. The number of carbonyl (C=O) groups is 1. The van der Waals surface area contributed by atoms with Crippen LogP contribution in [0.15, 0.2) is 18.2 Å². The SMILES string of the molecule is CC1(O)CCCN(CC(=O)Nc2ccc(C#N)c(Cl)c2)C1. The van der Waals surface area contributed by atoms with E-state index in [0.717, 1.165) is 19.4 Å². The molecule has 0 aromatic heterocycles. The van der Waals surface area contributed by atoms with Crippen LogP contribution in [0.5, 0.6) is 0 Å². The number of nitrogens with one attached hydrogen (secondary N) is 1. The summed E-state index contributed by atoms with van der Waals surface area (Å²) in [5, 5.41) is 21.9. The first-order chi connectivity index (χ1) is 9.89. The van der Waals surface area contributed by atoms with Gasteiger partial charge in [-0.2, -0.15) is 5.26 Å². The molecule has 21 heavy (non-hydrogen) atoms.